The SMILES string of the molecule is CCC/C(=N\OC/C=C/Cl)C1=C(OC(C)=O)CC(CC(C)S(=O)c2ccccc2)CC1=O. The summed E-state index contributed by atoms with van der Waals surface area (Å²) in [6.45, 7) is 5.37. The highest BCUT2D eigenvalue weighted by molar-refractivity contribution is 7.85. The lowest BCUT2D eigenvalue weighted by atomic mass is 9.82. The molecule has 0 amide bonds. The first-order chi connectivity index (χ1) is 15.4. The molecule has 0 saturated carbocycles. The minimum atomic E-state index is -1.19. The number of ketones is 1. The lowest BCUT2D eigenvalue weighted by Gasteiger charge is -2.27. The molecule has 0 N–H and O–H groups in total. The summed E-state index contributed by atoms with van der Waals surface area (Å²) < 4.78 is 18.3. The number of Topliss-reactive ketones (excluding diaryl/α,β-unsaturated/α-hetero) is 1. The Bertz CT molecular complexity index is 910. The quantitative estimate of drug-likeness (QED) is 0.186. The maximum atomic E-state index is 13.1. The zero-order valence-electron chi connectivity index (χ0n) is 18.7. The van der Waals surface area contributed by atoms with Crippen LogP contribution in [0.4, 0.5) is 0 Å². The van der Waals surface area contributed by atoms with E-state index in [0.29, 0.717) is 36.3 Å². The predicted molar refractivity (Wildman–Crippen MR) is 127 cm³/mol. The Balaban J connectivity index is 2.25. The van der Waals surface area contributed by atoms with Crippen LogP contribution in [0.5, 0.6) is 0 Å². The predicted octanol–water partition coefficient (Wildman–Crippen LogP) is 5.29. The molecule has 1 aromatic rings. The van der Waals surface area contributed by atoms with Gasteiger partial charge in [0.1, 0.15) is 12.4 Å². The normalized spacial score (nSPS) is 19.2. The van der Waals surface area contributed by atoms with Crippen molar-refractivity contribution in [3.05, 3.63) is 53.3 Å². The number of carbonyl (C=O) groups excluding carboxylic acids is 2. The molecule has 0 heterocycles. The van der Waals surface area contributed by atoms with E-state index in [0.717, 1.165) is 11.3 Å². The Hall–Kier alpha value is -2.25. The van der Waals surface area contributed by atoms with Crippen LogP contribution in [0.2, 0.25) is 0 Å². The van der Waals surface area contributed by atoms with E-state index in [-0.39, 0.29) is 30.0 Å². The van der Waals surface area contributed by atoms with Gasteiger partial charge in [0.15, 0.2) is 5.78 Å². The first-order valence-corrected chi connectivity index (χ1v) is 12.4. The Morgan fingerprint density at radius 2 is 2.03 bits per heavy atom. The number of esters is 1. The van der Waals surface area contributed by atoms with Gasteiger partial charge in [0, 0.05) is 35.4 Å². The van der Waals surface area contributed by atoms with Crippen LogP contribution < -0.4 is 0 Å². The van der Waals surface area contributed by atoms with Crippen LogP contribution in [0, 0.1) is 5.92 Å². The van der Waals surface area contributed by atoms with Crippen molar-refractivity contribution in [2.24, 2.45) is 11.1 Å². The number of carbonyl (C=O) groups is 2. The molecule has 1 aromatic carbocycles. The molecule has 8 heteroatoms. The highest BCUT2D eigenvalue weighted by Gasteiger charge is 2.34. The molecule has 3 atom stereocenters. The lowest BCUT2D eigenvalue weighted by Crippen LogP contribution is -2.28. The zero-order chi connectivity index (χ0) is 23.5. The van der Waals surface area contributed by atoms with E-state index in [4.69, 9.17) is 21.2 Å². The molecule has 174 valence electrons. The summed E-state index contributed by atoms with van der Waals surface area (Å²) in [6, 6.07) is 9.28. The molecule has 3 unspecified atom stereocenters. The maximum Gasteiger partial charge on any atom is 0.307 e. The minimum absolute atomic E-state index is 0.0776. The zero-order valence-corrected chi connectivity index (χ0v) is 20.3. The molecule has 2 rings (SSSR count). The third-order valence-electron chi connectivity index (χ3n) is 4.99. The fourth-order valence-electron chi connectivity index (χ4n) is 3.70. The van der Waals surface area contributed by atoms with Gasteiger partial charge < -0.3 is 9.57 Å². The summed E-state index contributed by atoms with van der Waals surface area (Å²) in [5, 5.41) is 3.98. The molecule has 0 fully saturated rings. The summed E-state index contributed by atoms with van der Waals surface area (Å²) in [6.07, 6.45) is 4.09. The van der Waals surface area contributed by atoms with Gasteiger partial charge in [-0.2, -0.15) is 0 Å². The van der Waals surface area contributed by atoms with Gasteiger partial charge in [-0.25, -0.2) is 0 Å². The molecule has 0 bridgehead atoms. The topological polar surface area (TPSA) is 82.0 Å². The van der Waals surface area contributed by atoms with Gasteiger partial charge in [-0.1, -0.05) is 55.2 Å². The van der Waals surface area contributed by atoms with Gasteiger partial charge in [-0.05, 0) is 37.0 Å². The van der Waals surface area contributed by atoms with Crippen LogP contribution in [-0.4, -0.2) is 33.5 Å². The molecular weight excluding hydrogens is 450 g/mol. The summed E-state index contributed by atoms with van der Waals surface area (Å²) in [4.78, 5) is 30.9. The van der Waals surface area contributed by atoms with Crippen molar-refractivity contribution < 1.29 is 23.4 Å². The molecular formula is C24H30ClNO5S. The van der Waals surface area contributed by atoms with E-state index in [1.165, 1.54) is 12.5 Å². The van der Waals surface area contributed by atoms with Crippen molar-refractivity contribution in [2.75, 3.05) is 6.61 Å². The Morgan fingerprint density at radius 3 is 2.66 bits per heavy atom. The number of halogens is 1. The standard InChI is InChI=1S/C24H30ClNO5S/c1-4-9-21(26-30-13-8-12-25)24-22(28)15-19(16-23(24)31-18(3)27)14-17(2)32(29)20-10-6-5-7-11-20/h5-8,10-12,17,19H,4,9,13-16H2,1-3H3/b12-8+,26-21+. The van der Waals surface area contributed by atoms with Crippen molar-refractivity contribution in [3.8, 4) is 0 Å². The minimum Gasteiger partial charge on any atom is -0.430 e. The number of allylic oxidation sites excluding steroid dienone is 2. The molecule has 0 saturated heterocycles. The molecule has 1 aliphatic rings. The highest BCUT2D eigenvalue weighted by atomic mass is 35.5. The second-order valence-corrected chi connectivity index (χ2v) is 9.81. The van der Waals surface area contributed by atoms with Crippen LogP contribution in [-0.2, 0) is 30.0 Å². The first-order valence-electron chi connectivity index (χ1n) is 10.7. The number of benzene rings is 1. The van der Waals surface area contributed by atoms with Crippen LogP contribution in [0.3, 0.4) is 0 Å². The third kappa shape index (κ3) is 7.71. The molecule has 6 nitrogen and oxygen atoms in total. The number of rotatable bonds is 11. The molecule has 0 spiro atoms. The second-order valence-electron chi connectivity index (χ2n) is 7.69. The number of ether oxygens (including phenoxy) is 1. The number of hydrogen-bond acceptors (Lipinski definition) is 6. The average Bonchev–Trinajstić information content (AvgIpc) is 2.76. The molecule has 0 aromatic heterocycles. The molecule has 0 aliphatic heterocycles. The van der Waals surface area contributed by atoms with Crippen molar-refractivity contribution in [1.82, 2.24) is 0 Å². The van der Waals surface area contributed by atoms with Crippen molar-refractivity contribution in [1.29, 1.82) is 0 Å². The third-order valence-corrected chi connectivity index (χ3v) is 6.83. The van der Waals surface area contributed by atoms with E-state index in [1.54, 1.807) is 6.08 Å². The van der Waals surface area contributed by atoms with Gasteiger partial charge in [0.2, 0.25) is 0 Å². The van der Waals surface area contributed by atoms with Crippen LogP contribution in [0.1, 0.15) is 52.9 Å². The number of hydrogen-bond donors (Lipinski definition) is 0. The average molecular weight is 480 g/mol. The van der Waals surface area contributed by atoms with Gasteiger partial charge in [-0.3, -0.25) is 13.8 Å². The van der Waals surface area contributed by atoms with Crippen molar-refractivity contribution in [2.45, 2.75) is 63.0 Å². The monoisotopic (exact) mass is 479 g/mol. The molecule has 1 aliphatic carbocycles. The van der Waals surface area contributed by atoms with Crippen molar-refractivity contribution >= 4 is 39.9 Å². The fourth-order valence-corrected chi connectivity index (χ4v) is 5.11. The second kappa shape index (κ2) is 13.3. The Morgan fingerprint density at radius 1 is 1.31 bits per heavy atom. The lowest BCUT2D eigenvalue weighted by molar-refractivity contribution is -0.137. The highest BCUT2D eigenvalue weighted by Crippen LogP contribution is 2.34. The maximum absolute atomic E-state index is 13.1. The van der Waals surface area contributed by atoms with Gasteiger partial charge in [0.25, 0.3) is 0 Å². The first kappa shape index (κ1) is 26.0. The Labute approximate surface area is 197 Å². The largest absolute Gasteiger partial charge is 0.430 e. The molecule has 32 heavy (non-hydrogen) atoms. The van der Waals surface area contributed by atoms with Gasteiger partial charge >= 0.3 is 5.97 Å². The number of nitrogens with zero attached hydrogens (tertiary/aromatic N) is 1. The van der Waals surface area contributed by atoms with Gasteiger partial charge in [0.05, 0.1) is 22.1 Å². The summed E-state index contributed by atoms with van der Waals surface area (Å²) in [7, 11) is -1.19. The van der Waals surface area contributed by atoms with E-state index in [2.05, 4.69) is 5.16 Å². The van der Waals surface area contributed by atoms with Crippen LogP contribution >= 0.6 is 11.6 Å². The van der Waals surface area contributed by atoms with E-state index < -0.39 is 16.8 Å². The fraction of sp³-hybridized carbons (Fsp3) is 0.458. The van der Waals surface area contributed by atoms with E-state index >= 15 is 0 Å². The van der Waals surface area contributed by atoms with Crippen LogP contribution in [0.15, 0.2) is 63.3 Å². The number of oxime groups is 1. The van der Waals surface area contributed by atoms with E-state index in [9.17, 15) is 13.8 Å². The van der Waals surface area contributed by atoms with E-state index in [1.807, 2.05) is 44.2 Å². The summed E-state index contributed by atoms with van der Waals surface area (Å²) in [5.74, 6) is -0.390. The Kier molecular flexibility index (Phi) is 10.8. The summed E-state index contributed by atoms with van der Waals surface area (Å²) in [5.41, 5.74) is 2.12. The van der Waals surface area contributed by atoms with Gasteiger partial charge in [-0.15, -0.1) is 0 Å². The smallest absolute Gasteiger partial charge is 0.307 e. The van der Waals surface area contributed by atoms with Crippen LogP contribution in [0.25, 0.3) is 0 Å². The molecule has 0 radical (unpaired) electrons. The summed E-state index contributed by atoms with van der Waals surface area (Å²) >= 11 is 5.50. The van der Waals surface area contributed by atoms with Crippen molar-refractivity contribution in [3.63, 3.8) is 0 Å².